The van der Waals surface area contributed by atoms with E-state index in [9.17, 15) is 0 Å². The molecule has 0 saturated carbocycles. The summed E-state index contributed by atoms with van der Waals surface area (Å²) in [6.45, 7) is 0.470. The number of pyridine rings is 1. The van der Waals surface area contributed by atoms with E-state index in [0.29, 0.717) is 12.3 Å². The van der Waals surface area contributed by atoms with Crippen molar-refractivity contribution in [2.75, 3.05) is 5.73 Å². The van der Waals surface area contributed by atoms with Crippen molar-refractivity contribution in [3.8, 4) is 5.75 Å². The Morgan fingerprint density at radius 3 is 2.71 bits per heavy atom. The van der Waals surface area contributed by atoms with E-state index in [0.717, 1.165) is 31.2 Å². The van der Waals surface area contributed by atoms with Gasteiger partial charge in [0.25, 0.3) is 0 Å². The van der Waals surface area contributed by atoms with Crippen molar-refractivity contribution in [1.82, 2.24) is 4.98 Å². The van der Waals surface area contributed by atoms with Crippen molar-refractivity contribution in [2.45, 2.75) is 6.61 Å². The molecule has 0 aliphatic carbocycles. The van der Waals surface area contributed by atoms with Crippen LogP contribution < -0.4 is 10.5 Å². The van der Waals surface area contributed by atoms with Gasteiger partial charge in [-0.1, -0.05) is 34.1 Å². The quantitative estimate of drug-likeness (QED) is 0.626. The summed E-state index contributed by atoms with van der Waals surface area (Å²) in [6, 6.07) is 13.6. The van der Waals surface area contributed by atoms with Crippen molar-refractivity contribution in [3.63, 3.8) is 0 Å². The van der Waals surface area contributed by atoms with Crippen LogP contribution >= 0.6 is 31.9 Å². The molecule has 3 nitrogen and oxygen atoms in total. The Kier molecular flexibility index (Phi) is 4.12. The molecular formula is C16H12Br2N2O. The Morgan fingerprint density at radius 1 is 1.10 bits per heavy atom. The lowest BCUT2D eigenvalue weighted by molar-refractivity contribution is 0.308. The number of fused-ring (bicyclic) bond motifs is 1. The number of benzene rings is 2. The second kappa shape index (κ2) is 6.03. The number of hydrogen-bond acceptors (Lipinski definition) is 3. The molecule has 0 atom stereocenters. The molecule has 3 aromatic rings. The normalized spacial score (nSPS) is 10.8. The van der Waals surface area contributed by atoms with Gasteiger partial charge in [-0.2, -0.15) is 0 Å². The second-order valence-electron chi connectivity index (χ2n) is 4.58. The largest absolute Gasteiger partial charge is 0.487 e. The van der Waals surface area contributed by atoms with E-state index >= 15 is 0 Å². The molecule has 0 unspecified atom stereocenters. The molecule has 0 amide bonds. The van der Waals surface area contributed by atoms with Crippen LogP contribution in [-0.2, 0) is 6.61 Å². The maximum atomic E-state index is 6.00. The lowest BCUT2D eigenvalue weighted by Crippen LogP contribution is -1.99. The van der Waals surface area contributed by atoms with E-state index in [4.69, 9.17) is 10.5 Å². The second-order valence-corrected chi connectivity index (χ2v) is 6.35. The van der Waals surface area contributed by atoms with E-state index in [1.807, 2.05) is 42.5 Å². The summed E-state index contributed by atoms with van der Waals surface area (Å²) >= 11 is 6.93. The number of anilines is 1. The van der Waals surface area contributed by atoms with Crippen molar-refractivity contribution in [2.24, 2.45) is 0 Å². The van der Waals surface area contributed by atoms with Gasteiger partial charge in [0.05, 0.1) is 0 Å². The fourth-order valence-electron chi connectivity index (χ4n) is 2.08. The number of nitrogens with zero attached hydrogens (tertiary/aromatic N) is 1. The molecule has 0 saturated heterocycles. The monoisotopic (exact) mass is 406 g/mol. The van der Waals surface area contributed by atoms with Crippen LogP contribution in [0.3, 0.4) is 0 Å². The number of nitrogen functional groups attached to an aromatic ring is 1. The van der Waals surface area contributed by atoms with Crippen LogP contribution in [0.5, 0.6) is 5.75 Å². The van der Waals surface area contributed by atoms with Gasteiger partial charge >= 0.3 is 0 Å². The van der Waals surface area contributed by atoms with Gasteiger partial charge in [0.2, 0.25) is 0 Å². The number of aromatic nitrogens is 1. The standard InChI is InChI=1S/C16H12Br2N2O/c17-11-7-12-14(19)5-6-15(16(12)20-8-11)21-9-10-3-1-2-4-13(10)18/h1-8H,9,19H2. The Hall–Kier alpha value is -1.59. The van der Waals surface area contributed by atoms with E-state index in [1.54, 1.807) is 6.20 Å². The fourth-order valence-corrected chi connectivity index (χ4v) is 2.81. The van der Waals surface area contributed by atoms with E-state index in [-0.39, 0.29) is 0 Å². The van der Waals surface area contributed by atoms with Gasteiger partial charge in [0.15, 0.2) is 0 Å². The van der Waals surface area contributed by atoms with Crippen molar-refractivity contribution < 1.29 is 4.74 Å². The molecule has 2 aromatic carbocycles. The number of rotatable bonds is 3. The third-order valence-electron chi connectivity index (χ3n) is 3.15. The summed E-state index contributed by atoms with van der Waals surface area (Å²) in [5.74, 6) is 0.724. The van der Waals surface area contributed by atoms with Gasteiger partial charge in [-0.05, 0) is 40.2 Å². The number of nitrogens with two attached hydrogens (primary N) is 1. The zero-order valence-corrected chi connectivity index (χ0v) is 14.2. The highest BCUT2D eigenvalue weighted by Gasteiger charge is 2.08. The first-order valence-electron chi connectivity index (χ1n) is 6.35. The smallest absolute Gasteiger partial charge is 0.146 e. The first-order valence-corrected chi connectivity index (χ1v) is 7.93. The summed E-state index contributed by atoms with van der Waals surface area (Å²) in [7, 11) is 0. The first kappa shape index (κ1) is 14.4. The van der Waals surface area contributed by atoms with Crippen molar-refractivity contribution in [1.29, 1.82) is 0 Å². The zero-order chi connectivity index (χ0) is 14.8. The third kappa shape index (κ3) is 3.04. The Labute approximate surface area is 139 Å². The van der Waals surface area contributed by atoms with Crippen LogP contribution in [0, 0.1) is 0 Å². The summed E-state index contributed by atoms with van der Waals surface area (Å²) in [6.07, 6.45) is 1.74. The van der Waals surface area contributed by atoms with Gasteiger partial charge in [-0.15, -0.1) is 0 Å². The molecule has 0 aliphatic rings. The van der Waals surface area contributed by atoms with Gasteiger partial charge in [-0.25, -0.2) is 0 Å². The lowest BCUT2D eigenvalue weighted by Gasteiger charge is -2.11. The molecule has 2 N–H and O–H groups in total. The Balaban J connectivity index is 1.95. The molecule has 0 fully saturated rings. The molecular weight excluding hydrogens is 396 g/mol. The van der Waals surface area contributed by atoms with Gasteiger partial charge in [-0.3, -0.25) is 4.98 Å². The summed E-state index contributed by atoms with van der Waals surface area (Å²) in [5.41, 5.74) is 8.54. The average Bonchev–Trinajstić information content (AvgIpc) is 2.48. The van der Waals surface area contributed by atoms with E-state index in [2.05, 4.69) is 36.8 Å². The minimum atomic E-state index is 0.470. The van der Waals surface area contributed by atoms with Crippen LogP contribution in [0.15, 0.2) is 57.6 Å². The molecule has 3 rings (SSSR count). The highest BCUT2D eigenvalue weighted by atomic mass is 79.9. The molecule has 106 valence electrons. The van der Waals surface area contributed by atoms with Crippen LogP contribution in [0.2, 0.25) is 0 Å². The molecule has 1 heterocycles. The SMILES string of the molecule is Nc1ccc(OCc2ccccc2Br)c2ncc(Br)cc12. The molecule has 0 spiro atoms. The average molecular weight is 408 g/mol. The predicted molar refractivity (Wildman–Crippen MR) is 92.3 cm³/mol. The van der Waals surface area contributed by atoms with Crippen LogP contribution in [-0.4, -0.2) is 4.98 Å². The number of hydrogen-bond donors (Lipinski definition) is 1. The number of halogens is 2. The Morgan fingerprint density at radius 2 is 1.90 bits per heavy atom. The maximum absolute atomic E-state index is 6.00. The lowest BCUT2D eigenvalue weighted by atomic mass is 10.1. The highest BCUT2D eigenvalue weighted by Crippen LogP contribution is 2.31. The van der Waals surface area contributed by atoms with Gasteiger partial charge < -0.3 is 10.5 Å². The molecule has 0 radical (unpaired) electrons. The molecule has 0 bridgehead atoms. The van der Waals surface area contributed by atoms with Crippen molar-refractivity contribution in [3.05, 3.63) is 63.2 Å². The minimum absolute atomic E-state index is 0.470. The molecule has 0 aliphatic heterocycles. The van der Waals surface area contributed by atoms with Crippen LogP contribution in [0.1, 0.15) is 5.56 Å². The minimum Gasteiger partial charge on any atom is -0.487 e. The van der Waals surface area contributed by atoms with Crippen molar-refractivity contribution >= 4 is 48.5 Å². The Bertz CT molecular complexity index is 805. The van der Waals surface area contributed by atoms with Crippen LogP contribution in [0.4, 0.5) is 5.69 Å². The summed E-state index contributed by atoms with van der Waals surface area (Å²) < 4.78 is 7.84. The van der Waals surface area contributed by atoms with Gasteiger partial charge in [0, 0.05) is 31.8 Å². The predicted octanol–water partition coefficient (Wildman–Crippen LogP) is 4.92. The first-order chi connectivity index (χ1) is 10.1. The topological polar surface area (TPSA) is 48.1 Å². The fraction of sp³-hybridized carbons (Fsp3) is 0.0625. The zero-order valence-electron chi connectivity index (χ0n) is 11.0. The summed E-state index contributed by atoms with van der Waals surface area (Å²) in [5, 5.41) is 0.883. The number of ether oxygens (including phenoxy) is 1. The molecule has 21 heavy (non-hydrogen) atoms. The summed E-state index contributed by atoms with van der Waals surface area (Å²) in [4.78, 5) is 4.41. The third-order valence-corrected chi connectivity index (χ3v) is 4.36. The van der Waals surface area contributed by atoms with E-state index < -0.39 is 0 Å². The molecule has 5 heteroatoms. The van der Waals surface area contributed by atoms with Gasteiger partial charge in [0.1, 0.15) is 17.9 Å². The van der Waals surface area contributed by atoms with E-state index in [1.165, 1.54) is 0 Å². The maximum Gasteiger partial charge on any atom is 0.146 e. The van der Waals surface area contributed by atoms with Crippen LogP contribution in [0.25, 0.3) is 10.9 Å². The highest BCUT2D eigenvalue weighted by molar-refractivity contribution is 9.10. The molecule has 1 aromatic heterocycles.